The summed E-state index contributed by atoms with van der Waals surface area (Å²) in [7, 11) is 3.62. The van der Waals surface area contributed by atoms with Crippen LogP contribution in [0.25, 0.3) is 0 Å². The van der Waals surface area contributed by atoms with Crippen molar-refractivity contribution in [3.05, 3.63) is 28.3 Å². The monoisotopic (exact) mass is 225 g/mol. The highest BCUT2D eigenvalue weighted by molar-refractivity contribution is 7.80. The predicted octanol–water partition coefficient (Wildman–Crippen LogP) is 2.77. The molecule has 0 heterocycles. The van der Waals surface area contributed by atoms with E-state index in [0.29, 0.717) is 0 Å². The topological polar surface area (TPSA) is 21.3 Å². The molecule has 0 amide bonds. The molecule has 1 atom stereocenters. The minimum absolute atomic E-state index is 0.0783. The quantitative estimate of drug-likeness (QED) is 0.610. The third kappa shape index (κ3) is 2.29. The molecule has 0 bridgehead atoms. The van der Waals surface area contributed by atoms with E-state index in [2.05, 4.69) is 44.8 Å². The van der Waals surface area contributed by atoms with Crippen LogP contribution in [0.1, 0.15) is 27.6 Å². The fourth-order valence-electron chi connectivity index (χ4n) is 1.84. The second-order valence-corrected chi connectivity index (χ2v) is 4.27. The summed E-state index contributed by atoms with van der Waals surface area (Å²) in [6.45, 7) is 6.28. The van der Waals surface area contributed by atoms with Gasteiger partial charge in [0.05, 0.1) is 12.5 Å². The van der Waals surface area contributed by atoms with Crippen LogP contribution in [-0.4, -0.2) is 14.2 Å². The third-order valence-electron chi connectivity index (χ3n) is 2.88. The van der Waals surface area contributed by atoms with Crippen LogP contribution in [0.4, 0.5) is 0 Å². The fourth-order valence-corrected chi connectivity index (χ4v) is 2.24. The maximum absolute atomic E-state index is 5.33. The molecule has 1 rings (SSSR count). The molecule has 0 spiro atoms. The summed E-state index contributed by atoms with van der Waals surface area (Å²) in [5.41, 5.74) is 4.90. The summed E-state index contributed by atoms with van der Waals surface area (Å²) < 4.78 is 5.33. The molecule has 84 valence electrons. The molecule has 1 unspecified atom stereocenters. The van der Waals surface area contributed by atoms with Gasteiger partial charge in [-0.15, -0.1) is 0 Å². The average Bonchev–Trinajstić information content (AvgIpc) is 2.23. The normalized spacial score (nSPS) is 12.7. The van der Waals surface area contributed by atoms with E-state index in [1.807, 2.05) is 7.05 Å². The van der Waals surface area contributed by atoms with Crippen LogP contribution in [-0.2, 0) is 0 Å². The molecule has 0 saturated carbocycles. The van der Waals surface area contributed by atoms with Gasteiger partial charge in [-0.25, -0.2) is 0 Å². The third-order valence-corrected chi connectivity index (χ3v) is 3.39. The summed E-state index contributed by atoms with van der Waals surface area (Å²) >= 11 is 4.52. The number of methoxy groups -OCH3 is 1. The molecule has 15 heavy (non-hydrogen) atoms. The van der Waals surface area contributed by atoms with Gasteiger partial charge in [-0.2, -0.15) is 12.6 Å². The van der Waals surface area contributed by atoms with E-state index in [1.54, 1.807) is 7.11 Å². The van der Waals surface area contributed by atoms with Crippen LogP contribution in [0, 0.1) is 20.8 Å². The number of hydrogen-bond acceptors (Lipinski definition) is 3. The van der Waals surface area contributed by atoms with E-state index >= 15 is 0 Å². The zero-order chi connectivity index (χ0) is 11.6. The molecule has 1 aromatic carbocycles. The van der Waals surface area contributed by atoms with Gasteiger partial charge in [0.15, 0.2) is 0 Å². The molecule has 1 N–H and O–H groups in total. The Morgan fingerprint density at radius 1 is 1.27 bits per heavy atom. The molecule has 0 aromatic heterocycles. The molecule has 3 heteroatoms. The Kier molecular flexibility index (Phi) is 4.05. The zero-order valence-electron chi connectivity index (χ0n) is 10.0. The van der Waals surface area contributed by atoms with Crippen molar-refractivity contribution < 1.29 is 4.74 Å². The maximum atomic E-state index is 5.33. The molecular weight excluding hydrogens is 206 g/mol. The van der Waals surface area contributed by atoms with Crippen molar-refractivity contribution in [3.8, 4) is 5.75 Å². The Morgan fingerprint density at radius 2 is 1.87 bits per heavy atom. The SMILES string of the molecule is CNC(S)c1c(C)cc(OC)c(C)c1C. The predicted molar refractivity (Wildman–Crippen MR) is 68.0 cm³/mol. The minimum atomic E-state index is 0.0783. The summed E-state index contributed by atoms with van der Waals surface area (Å²) in [5.74, 6) is 0.949. The Labute approximate surface area is 97.4 Å². The lowest BCUT2D eigenvalue weighted by molar-refractivity contribution is 0.410. The first-order valence-electron chi connectivity index (χ1n) is 5.03. The van der Waals surface area contributed by atoms with E-state index in [0.717, 1.165) is 5.75 Å². The molecule has 1 aromatic rings. The first kappa shape index (κ1) is 12.4. The number of thiol groups is 1. The van der Waals surface area contributed by atoms with Crippen molar-refractivity contribution in [3.63, 3.8) is 0 Å². The van der Waals surface area contributed by atoms with E-state index in [1.165, 1.54) is 22.3 Å². The van der Waals surface area contributed by atoms with Gasteiger partial charge in [-0.3, -0.25) is 0 Å². The number of ether oxygens (including phenoxy) is 1. The molecular formula is C12H19NOS. The molecule has 0 radical (unpaired) electrons. The Balaban J connectivity index is 3.35. The van der Waals surface area contributed by atoms with Gasteiger partial charge >= 0.3 is 0 Å². The molecule has 0 aliphatic rings. The summed E-state index contributed by atoms with van der Waals surface area (Å²) in [5, 5.41) is 3.23. The van der Waals surface area contributed by atoms with Crippen LogP contribution < -0.4 is 10.1 Å². The second-order valence-electron chi connectivity index (χ2n) is 3.75. The summed E-state index contributed by atoms with van der Waals surface area (Å²) in [6, 6.07) is 2.07. The van der Waals surface area contributed by atoms with Gasteiger partial charge < -0.3 is 10.1 Å². The van der Waals surface area contributed by atoms with Crippen molar-refractivity contribution in [2.45, 2.75) is 26.1 Å². The van der Waals surface area contributed by atoms with Crippen molar-refractivity contribution in [1.29, 1.82) is 0 Å². The molecule has 0 saturated heterocycles. The van der Waals surface area contributed by atoms with Gasteiger partial charge in [0.25, 0.3) is 0 Å². The highest BCUT2D eigenvalue weighted by atomic mass is 32.1. The first-order valence-corrected chi connectivity index (χ1v) is 5.54. The van der Waals surface area contributed by atoms with E-state index in [9.17, 15) is 0 Å². The Morgan fingerprint density at radius 3 is 2.33 bits per heavy atom. The first-order chi connectivity index (χ1) is 7.02. The van der Waals surface area contributed by atoms with Crippen LogP contribution in [0.5, 0.6) is 5.75 Å². The van der Waals surface area contributed by atoms with Crippen molar-refractivity contribution >= 4 is 12.6 Å². The largest absolute Gasteiger partial charge is 0.496 e. The van der Waals surface area contributed by atoms with E-state index in [4.69, 9.17) is 4.74 Å². The Hall–Kier alpha value is -0.670. The highest BCUT2D eigenvalue weighted by Gasteiger charge is 2.14. The van der Waals surface area contributed by atoms with Crippen LogP contribution in [0.15, 0.2) is 6.07 Å². The van der Waals surface area contributed by atoms with Gasteiger partial charge in [0, 0.05) is 0 Å². The van der Waals surface area contributed by atoms with Crippen LogP contribution >= 0.6 is 12.6 Å². The molecule has 0 aliphatic heterocycles. The molecule has 0 aliphatic carbocycles. The maximum Gasteiger partial charge on any atom is 0.122 e. The van der Waals surface area contributed by atoms with Gasteiger partial charge in [0.2, 0.25) is 0 Å². The zero-order valence-corrected chi connectivity index (χ0v) is 10.9. The van der Waals surface area contributed by atoms with Crippen molar-refractivity contribution in [2.24, 2.45) is 0 Å². The summed E-state index contributed by atoms with van der Waals surface area (Å²) in [4.78, 5) is 0. The fraction of sp³-hybridized carbons (Fsp3) is 0.500. The van der Waals surface area contributed by atoms with E-state index < -0.39 is 0 Å². The van der Waals surface area contributed by atoms with Gasteiger partial charge in [-0.05, 0) is 56.1 Å². The second kappa shape index (κ2) is 4.90. The minimum Gasteiger partial charge on any atom is -0.496 e. The number of rotatable bonds is 3. The highest BCUT2D eigenvalue weighted by Crippen LogP contribution is 2.32. The van der Waals surface area contributed by atoms with Crippen LogP contribution in [0.3, 0.4) is 0 Å². The van der Waals surface area contributed by atoms with E-state index in [-0.39, 0.29) is 5.37 Å². The number of benzene rings is 1. The Bertz CT molecular complexity index is 363. The van der Waals surface area contributed by atoms with Gasteiger partial charge in [-0.1, -0.05) is 0 Å². The number of hydrogen-bond donors (Lipinski definition) is 2. The number of nitrogens with one attached hydrogen (secondary N) is 1. The van der Waals surface area contributed by atoms with Gasteiger partial charge in [0.1, 0.15) is 5.75 Å². The molecule has 0 fully saturated rings. The van der Waals surface area contributed by atoms with Crippen molar-refractivity contribution in [2.75, 3.05) is 14.2 Å². The standard InChI is InChI=1S/C12H19NOS/c1-7-6-10(14-5)8(2)9(3)11(7)12(15)13-4/h6,12-13,15H,1-5H3. The lowest BCUT2D eigenvalue weighted by Gasteiger charge is -2.20. The average molecular weight is 225 g/mol. The lowest BCUT2D eigenvalue weighted by atomic mass is 9.97. The number of aryl methyl sites for hydroxylation is 1. The smallest absolute Gasteiger partial charge is 0.122 e. The summed E-state index contributed by atoms with van der Waals surface area (Å²) in [6.07, 6.45) is 0. The lowest BCUT2D eigenvalue weighted by Crippen LogP contribution is -2.14. The van der Waals surface area contributed by atoms with Crippen LogP contribution in [0.2, 0.25) is 0 Å². The molecule has 2 nitrogen and oxygen atoms in total. The van der Waals surface area contributed by atoms with Crippen molar-refractivity contribution in [1.82, 2.24) is 5.32 Å².